The van der Waals surface area contributed by atoms with E-state index in [1.807, 2.05) is 30.5 Å². The molecule has 1 saturated heterocycles. The van der Waals surface area contributed by atoms with Crippen LogP contribution in [0.2, 0.25) is 0 Å². The lowest BCUT2D eigenvalue weighted by molar-refractivity contribution is 0.102. The van der Waals surface area contributed by atoms with Gasteiger partial charge in [-0.25, -0.2) is 13.4 Å². The third kappa shape index (κ3) is 4.90. The van der Waals surface area contributed by atoms with E-state index in [1.165, 1.54) is 27.8 Å². The predicted octanol–water partition coefficient (Wildman–Crippen LogP) is 5.31. The minimum atomic E-state index is -3.51. The standard InChI is InChI=1S/C22H22BrN3O3S2/c1-15-5-8-17(23)13-19(15)20-14-30-22(24-20)25-21(27)16-6-9-18(10-7-16)31(28,29)26-11-3-2-4-12-26/h5-10,13-14H,2-4,11-12H2,1H3,(H,24,25,27). The number of carbonyl (C=O) groups excluding carboxylic acids is 1. The van der Waals surface area contributed by atoms with Crippen molar-refractivity contribution in [2.24, 2.45) is 0 Å². The molecule has 2 aromatic carbocycles. The number of aromatic nitrogens is 1. The molecule has 1 amide bonds. The van der Waals surface area contributed by atoms with Crippen LogP contribution in [0.3, 0.4) is 0 Å². The number of thiazole rings is 1. The third-order valence-corrected chi connectivity index (χ3v) is 8.43. The molecule has 31 heavy (non-hydrogen) atoms. The highest BCUT2D eigenvalue weighted by atomic mass is 79.9. The van der Waals surface area contributed by atoms with Crippen molar-refractivity contribution >= 4 is 48.3 Å². The van der Waals surface area contributed by atoms with Crippen LogP contribution in [0.1, 0.15) is 35.2 Å². The summed E-state index contributed by atoms with van der Waals surface area (Å²) in [4.78, 5) is 17.4. The van der Waals surface area contributed by atoms with E-state index in [0.29, 0.717) is 23.8 Å². The van der Waals surface area contributed by atoms with Crippen LogP contribution < -0.4 is 5.32 Å². The maximum Gasteiger partial charge on any atom is 0.257 e. The zero-order valence-electron chi connectivity index (χ0n) is 17.0. The number of rotatable bonds is 5. The average molecular weight is 520 g/mol. The molecule has 1 aromatic heterocycles. The molecule has 3 aromatic rings. The number of sulfonamides is 1. The zero-order valence-corrected chi connectivity index (χ0v) is 20.2. The molecular formula is C22H22BrN3O3S2. The van der Waals surface area contributed by atoms with Crippen LogP contribution in [-0.4, -0.2) is 36.7 Å². The van der Waals surface area contributed by atoms with Crippen LogP contribution >= 0.6 is 27.3 Å². The van der Waals surface area contributed by atoms with Gasteiger partial charge in [-0.15, -0.1) is 11.3 Å². The molecule has 1 N–H and O–H groups in total. The van der Waals surface area contributed by atoms with Gasteiger partial charge in [0, 0.05) is 34.1 Å². The topological polar surface area (TPSA) is 79.4 Å². The monoisotopic (exact) mass is 519 g/mol. The summed E-state index contributed by atoms with van der Waals surface area (Å²) in [5.41, 5.74) is 3.27. The summed E-state index contributed by atoms with van der Waals surface area (Å²) in [6.07, 6.45) is 2.83. The van der Waals surface area contributed by atoms with E-state index in [4.69, 9.17) is 0 Å². The molecular weight excluding hydrogens is 498 g/mol. The minimum Gasteiger partial charge on any atom is -0.298 e. The van der Waals surface area contributed by atoms with Gasteiger partial charge in [-0.2, -0.15) is 4.31 Å². The Labute approximate surface area is 194 Å². The largest absolute Gasteiger partial charge is 0.298 e. The van der Waals surface area contributed by atoms with Crippen LogP contribution in [-0.2, 0) is 10.0 Å². The SMILES string of the molecule is Cc1ccc(Br)cc1-c1csc(NC(=O)c2ccc(S(=O)(=O)N3CCCCC3)cc2)n1. The van der Waals surface area contributed by atoms with E-state index < -0.39 is 10.0 Å². The van der Waals surface area contributed by atoms with Gasteiger partial charge >= 0.3 is 0 Å². The van der Waals surface area contributed by atoms with E-state index in [0.717, 1.165) is 40.6 Å². The maximum absolute atomic E-state index is 12.8. The number of hydrogen-bond acceptors (Lipinski definition) is 5. The van der Waals surface area contributed by atoms with Crippen molar-refractivity contribution in [2.75, 3.05) is 18.4 Å². The summed E-state index contributed by atoms with van der Waals surface area (Å²) >= 11 is 4.82. The Balaban J connectivity index is 1.47. The third-order valence-electron chi connectivity index (χ3n) is 5.27. The van der Waals surface area contributed by atoms with Gasteiger partial charge in [0.25, 0.3) is 5.91 Å². The number of benzene rings is 2. The van der Waals surface area contributed by atoms with Gasteiger partial charge in [0.1, 0.15) is 0 Å². The van der Waals surface area contributed by atoms with Crippen LogP contribution in [0, 0.1) is 6.92 Å². The number of halogens is 1. The Morgan fingerprint density at radius 2 is 1.81 bits per heavy atom. The number of carbonyl (C=O) groups is 1. The molecule has 0 atom stereocenters. The average Bonchev–Trinajstić information content (AvgIpc) is 3.24. The Bertz CT molecular complexity index is 1200. The van der Waals surface area contributed by atoms with Gasteiger partial charge in [-0.3, -0.25) is 10.1 Å². The van der Waals surface area contributed by atoms with E-state index >= 15 is 0 Å². The highest BCUT2D eigenvalue weighted by Gasteiger charge is 2.26. The Kier molecular flexibility index (Phi) is 6.57. The molecule has 0 bridgehead atoms. The summed E-state index contributed by atoms with van der Waals surface area (Å²) in [5.74, 6) is -0.325. The summed E-state index contributed by atoms with van der Waals surface area (Å²) in [5, 5.41) is 5.19. The number of nitrogens with one attached hydrogen (secondary N) is 1. The number of hydrogen-bond donors (Lipinski definition) is 1. The van der Waals surface area contributed by atoms with Crippen molar-refractivity contribution in [3.8, 4) is 11.3 Å². The molecule has 1 aliphatic rings. The van der Waals surface area contributed by atoms with E-state index in [9.17, 15) is 13.2 Å². The van der Waals surface area contributed by atoms with Crippen molar-refractivity contribution in [2.45, 2.75) is 31.1 Å². The van der Waals surface area contributed by atoms with Crippen molar-refractivity contribution in [1.29, 1.82) is 0 Å². The van der Waals surface area contributed by atoms with Crippen molar-refractivity contribution in [3.63, 3.8) is 0 Å². The highest BCUT2D eigenvalue weighted by Crippen LogP contribution is 2.30. The predicted molar refractivity (Wildman–Crippen MR) is 127 cm³/mol. The molecule has 0 spiro atoms. The molecule has 1 fully saturated rings. The lowest BCUT2D eigenvalue weighted by Crippen LogP contribution is -2.35. The fraction of sp³-hybridized carbons (Fsp3) is 0.273. The normalized spacial score (nSPS) is 15.0. The first-order valence-electron chi connectivity index (χ1n) is 9.98. The van der Waals surface area contributed by atoms with Crippen LogP contribution in [0.4, 0.5) is 5.13 Å². The van der Waals surface area contributed by atoms with Gasteiger partial charge in [0.05, 0.1) is 10.6 Å². The quantitative estimate of drug-likeness (QED) is 0.495. The Hall–Kier alpha value is -2.07. The van der Waals surface area contributed by atoms with Gasteiger partial charge in [-0.05, 0) is 61.7 Å². The summed E-state index contributed by atoms with van der Waals surface area (Å²) in [6.45, 7) is 3.11. The molecule has 6 nitrogen and oxygen atoms in total. The summed E-state index contributed by atoms with van der Waals surface area (Å²) < 4.78 is 28.0. The first kappa shape index (κ1) is 22.1. The molecule has 0 radical (unpaired) electrons. The maximum atomic E-state index is 12.8. The van der Waals surface area contributed by atoms with Crippen molar-refractivity contribution < 1.29 is 13.2 Å². The first-order valence-corrected chi connectivity index (χ1v) is 13.1. The molecule has 4 rings (SSSR count). The second kappa shape index (κ2) is 9.20. The van der Waals surface area contributed by atoms with Gasteiger partial charge in [0.2, 0.25) is 10.0 Å². The second-order valence-corrected chi connectivity index (χ2v) is 11.2. The lowest BCUT2D eigenvalue weighted by atomic mass is 10.1. The number of aryl methyl sites for hydroxylation is 1. The number of piperidine rings is 1. The van der Waals surface area contributed by atoms with Crippen LogP contribution in [0.25, 0.3) is 11.3 Å². The number of amides is 1. The lowest BCUT2D eigenvalue weighted by Gasteiger charge is -2.25. The highest BCUT2D eigenvalue weighted by molar-refractivity contribution is 9.10. The molecule has 0 unspecified atom stereocenters. The van der Waals surface area contributed by atoms with Gasteiger partial charge < -0.3 is 0 Å². The molecule has 2 heterocycles. The molecule has 1 aliphatic heterocycles. The van der Waals surface area contributed by atoms with Crippen molar-refractivity contribution in [3.05, 3.63) is 63.4 Å². The summed E-state index contributed by atoms with van der Waals surface area (Å²) in [7, 11) is -3.51. The molecule has 9 heteroatoms. The van der Waals surface area contributed by atoms with Gasteiger partial charge in [-0.1, -0.05) is 28.4 Å². The van der Waals surface area contributed by atoms with Crippen LogP contribution in [0.5, 0.6) is 0 Å². The Morgan fingerprint density at radius 3 is 2.52 bits per heavy atom. The summed E-state index contributed by atoms with van der Waals surface area (Å²) in [6, 6.07) is 12.1. The smallest absolute Gasteiger partial charge is 0.257 e. The molecule has 162 valence electrons. The molecule has 0 saturated carbocycles. The fourth-order valence-electron chi connectivity index (χ4n) is 3.53. The second-order valence-electron chi connectivity index (χ2n) is 7.44. The van der Waals surface area contributed by atoms with E-state index in [-0.39, 0.29) is 10.8 Å². The Morgan fingerprint density at radius 1 is 1.10 bits per heavy atom. The van der Waals surface area contributed by atoms with Crippen LogP contribution in [0.15, 0.2) is 57.2 Å². The van der Waals surface area contributed by atoms with E-state index in [2.05, 4.69) is 26.2 Å². The number of nitrogens with zero attached hydrogens (tertiary/aromatic N) is 2. The first-order chi connectivity index (χ1) is 14.8. The molecule has 0 aliphatic carbocycles. The number of anilines is 1. The minimum absolute atomic E-state index is 0.215. The van der Waals surface area contributed by atoms with Gasteiger partial charge in [0.15, 0.2) is 5.13 Å². The zero-order chi connectivity index (χ0) is 22.0. The fourth-order valence-corrected chi connectivity index (χ4v) is 6.11. The van der Waals surface area contributed by atoms with Crippen molar-refractivity contribution in [1.82, 2.24) is 9.29 Å². The van der Waals surface area contributed by atoms with E-state index in [1.54, 1.807) is 12.1 Å².